The molecule has 0 aliphatic carbocycles. The standard InChI is InChI=1S/C7H15NO/c1-4-6(2)8-5-7(3)9/h4,7-9H,5H2,1-3H3/b6-4+. The molecule has 0 saturated carbocycles. The molecule has 0 amide bonds. The lowest BCUT2D eigenvalue weighted by Gasteiger charge is -2.06. The summed E-state index contributed by atoms with van der Waals surface area (Å²) in [4.78, 5) is 0. The second-order valence-corrected chi connectivity index (χ2v) is 2.20. The van der Waals surface area contributed by atoms with E-state index in [0.29, 0.717) is 6.54 Å². The van der Waals surface area contributed by atoms with E-state index in [1.807, 2.05) is 19.9 Å². The molecule has 0 bridgehead atoms. The topological polar surface area (TPSA) is 32.3 Å². The summed E-state index contributed by atoms with van der Waals surface area (Å²) in [5, 5.41) is 11.8. The summed E-state index contributed by atoms with van der Waals surface area (Å²) in [5.74, 6) is 0. The quantitative estimate of drug-likeness (QED) is 0.593. The minimum absolute atomic E-state index is 0.264. The average Bonchev–Trinajstić information content (AvgIpc) is 1.83. The van der Waals surface area contributed by atoms with Gasteiger partial charge in [-0.25, -0.2) is 0 Å². The lowest BCUT2D eigenvalue weighted by Crippen LogP contribution is -2.22. The second-order valence-electron chi connectivity index (χ2n) is 2.20. The Hall–Kier alpha value is -0.500. The summed E-state index contributed by atoms with van der Waals surface area (Å²) >= 11 is 0. The van der Waals surface area contributed by atoms with E-state index in [2.05, 4.69) is 5.32 Å². The van der Waals surface area contributed by atoms with E-state index in [1.54, 1.807) is 6.92 Å². The van der Waals surface area contributed by atoms with Gasteiger partial charge in [-0.15, -0.1) is 0 Å². The fourth-order valence-electron chi connectivity index (χ4n) is 0.411. The number of hydrogen-bond donors (Lipinski definition) is 2. The van der Waals surface area contributed by atoms with Crippen LogP contribution in [0.4, 0.5) is 0 Å². The van der Waals surface area contributed by atoms with Crippen LogP contribution in [0.1, 0.15) is 20.8 Å². The Balaban J connectivity index is 3.28. The molecule has 0 aromatic rings. The molecule has 0 heterocycles. The second kappa shape index (κ2) is 4.39. The van der Waals surface area contributed by atoms with Crippen LogP contribution in [-0.4, -0.2) is 17.8 Å². The van der Waals surface area contributed by atoms with Crippen molar-refractivity contribution in [3.8, 4) is 0 Å². The van der Waals surface area contributed by atoms with Gasteiger partial charge in [-0.3, -0.25) is 0 Å². The fourth-order valence-corrected chi connectivity index (χ4v) is 0.411. The summed E-state index contributed by atoms with van der Waals surface area (Å²) in [5.41, 5.74) is 1.11. The molecule has 2 heteroatoms. The molecule has 2 nitrogen and oxygen atoms in total. The lowest BCUT2D eigenvalue weighted by molar-refractivity contribution is 0.195. The molecule has 0 spiro atoms. The van der Waals surface area contributed by atoms with Gasteiger partial charge in [0.05, 0.1) is 6.10 Å². The van der Waals surface area contributed by atoms with Crippen LogP contribution >= 0.6 is 0 Å². The number of aliphatic hydroxyl groups excluding tert-OH is 1. The molecule has 0 aromatic carbocycles. The van der Waals surface area contributed by atoms with E-state index < -0.39 is 0 Å². The van der Waals surface area contributed by atoms with Crippen LogP contribution in [0.3, 0.4) is 0 Å². The molecule has 1 unspecified atom stereocenters. The summed E-state index contributed by atoms with van der Waals surface area (Å²) in [6, 6.07) is 0. The lowest BCUT2D eigenvalue weighted by atomic mass is 10.4. The summed E-state index contributed by atoms with van der Waals surface area (Å²) in [6.07, 6.45) is 1.71. The van der Waals surface area contributed by atoms with E-state index in [0.717, 1.165) is 5.70 Å². The highest BCUT2D eigenvalue weighted by molar-refractivity contribution is 4.92. The van der Waals surface area contributed by atoms with Gasteiger partial charge < -0.3 is 10.4 Å². The van der Waals surface area contributed by atoms with Crippen molar-refractivity contribution in [2.75, 3.05) is 6.54 Å². The predicted molar refractivity (Wildman–Crippen MR) is 39.1 cm³/mol. The first-order valence-corrected chi connectivity index (χ1v) is 3.21. The van der Waals surface area contributed by atoms with Crippen LogP contribution in [0.2, 0.25) is 0 Å². The fraction of sp³-hybridized carbons (Fsp3) is 0.714. The zero-order valence-corrected chi connectivity index (χ0v) is 6.31. The molecule has 2 N–H and O–H groups in total. The van der Waals surface area contributed by atoms with Crippen molar-refractivity contribution in [1.82, 2.24) is 5.32 Å². The van der Waals surface area contributed by atoms with Gasteiger partial charge in [-0.1, -0.05) is 6.08 Å². The number of aliphatic hydroxyl groups is 1. The van der Waals surface area contributed by atoms with Crippen LogP contribution in [0.25, 0.3) is 0 Å². The smallest absolute Gasteiger partial charge is 0.0684 e. The van der Waals surface area contributed by atoms with Gasteiger partial charge in [-0.05, 0) is 20.8 Å². The number of rotatable bonds is 3. The first-order valence-electron chi connectivity index (χ1n) is 3.21. The molecule has 0 aromatic heterocycles. The highest BCUT2D eigenvalue weighted by Crippen LogP contribution is 1.84. The number of hydrogen-bond acceptors (Lipinski definition) is 2. The van der Waals surface area contributed by atoms with Crippen LogP contribution < -0.4 is 5.32 Å². The van der Waals surface area contributed by atoms with Gasteiger partial charge in [0, 0.05) is 12.2 Å². The Morgan fingerprint density at radius 2 is 2.33 bits per heavy atom. The van der Waals surface area contributed by atoms with Gasteiger partial charge in [-0.2, -0.15) is 0 Å². The molecule has 0 saturated heterocycles. The van der Waals surface area contributed by atoms with Crippen LogP contribution in [0.15, 0.2) is 11.8 Å². The molecule has 1 atom stereocenters. The maximum absolute atomic E-state index is 8.81. The van der Waals surface area contributed by atoms with Crippen LogP contribution in [0.5, 0.6) is 0 Å². The Bertz CT molecular complexity index is 97.1. The zero-order chi connectivity index (χ0) is 7.28. The molecule has 0 aliphatic rings. The van der Waals surface area contributed by atoms with Crippen molar-refractivity contribution < 1.29 is 5.11 Å². The molecule has 0 fully saturated rings. The Morgan fingerprint density at radius 3 is 2.67 bits per heavy atom. The average molecular weight is 129 g/mol. The van der Waals surface area contributed by atoms with Gasteiger partial charge in [0.2, 0.25) is 0 Å². The molecular formula is C7H15NO. The number of allylic oxidation sites excluding steroid dienone is 2. The van der Waals surface area contributed by atoms with Gasteiger partial charge in [0.25, 0.3) is 0 Å². The van der Waals surface area contributed by atoms with Crippen molar-refractivity contribution in [2.24, 2.45) is 0 Å². The van der Waals surface area contributed by atoms with Gasteiger partial charge >= 0.3 is 0 Å². The molecular weight excluding hydrogens is 114 g/mol. The SMILES string of the molecule is C/C=C(\C)NCC(C)O. The third-order valence-corrected chi connectivity index (χ3v) is 1.11. The maximum atomic E-state index is 8.81. The third kappa shape index (κ3) is 5.37. The van der Waals surface area contributed by atoms with Gasteiger partial charge in [0.1, 0.15) is 0 Å². The number of nitrogens with one attached hydrogen (secondary N) is 1. The predicted octanol–water partition coefficient (Wildman–Crippen LogP) is 0.880. The van der Waals surface area contributed by atoms with Crippen molar-refractivity contribution in [1.29, 1.82) is 0 Å². The van der Waals surface area contributed by atoms with Crippen molar-refractivity contribution in [3.05, 3.63) is 11.8 Å². The largest absolute Gasteiger partial charge is 0.392 e. The van der Waals surface area contributed by atoms with E-state index >= 15 is 0 Å². The van der Waals surface area contributed by atoms with Crippen molar-refractivity contribution in [3.63, 3.8) is 0 Å². The first-order chi connectivity index (χ1) is 4.16. The highest BCUT2D eigenvalue weighted by Gasteiger charge is 1.91. The summed E-state index contributed by atoms with van der Waals surface area (Å²) in [7, 11) is 0. The van der Waals surface area contributed by atoms with E-state index in [1.165, 1.54) is 0 Å². The minimum atomic E-state index is -0.264. The Labute approximate surface area is 56.6 Å². The normalized spacial score (nSPS) is 15.3. The van der Waals surface area contributed by atoms with Crippen LogP contribution in [0, 0.1) is 0 Å². The zero-order valence-electron chi connectivity index (χ0n) is 6.31. The van der Waals surface area contributed by atoms with Crippen molar-refractivity contribution in [2.45, 2.75) is 26.9 Å². The molecule has 0 aliphatic heterocycles. The summed E-state index contributed by atoms with van der Waals surface area (Å²) < 4.78 is 0. The maximum Gasteiger partial charge on any atom is 0.0684 e. The molecule has 9 heavy (non-hydrogen) atoms. The van der Waals surface area contributed by atoms with E-state index in [-0.39, 0.29) is 6.10 Å². The van der Waals surface area contributed by atoms with Crippen molar-refractivity contribution >= 4 is 0 Å². The highest BCUT2D eigenvalue weighted by atomic mass is 16.3. The third-order valence-electron chi connectivity index (χ3n) is 1.11. The van der Waals surface area contributed by atoms with E-state index in [9.17, 15) is 0 Å². The summed E-state index contributed by atoms with van der Waals surface area (Å²) in [6.45, 7) is 6.33. The van der Waals surface area contributed by atoms with Crippen LogP contribution in [-0.2, 0) is 0 Å². The Morgan fingerprint density at radius 1 is 1.78 bits per heavy atom. The molecule has 0 radical (unpaired) electrons. The van der Waals surface area contributed by atoms with E-state index in [4.69, 9.17) is 5.11 Å². The Kier molecular flexibility index (Phi) is 4.14. The van der Waals surface area contributed by atoms with Gasteiger partial charge in [0.15, 0.2) is 0 Å². The molecule has 54 valence electrons. The monoisotopic (exact) mass is 129 g/mol. The molecule has 0 rings (SSSR count). The minimum Gasteiger partial charge on any atom is -0.392 e. The first kappa shape index (κ1) is 8.50.